The van der Waals surface area contributed by atoms with E-state index >= 15 is 0 Å². The Morgan fingerprint density at radius 1 is 1.00 bits per heavy atom. The zero-order chi connectivity index (χ0) is 9.61. The van der Waals surface area contributed by atoms with Gasteiger partial charge in [-0.2, -0.15) is 0 Å². The lowest BCUT2D eigenvalue weighted by molar-refractivity contribution is 0.174. The van der Waals surface area contributed by atoms with Crippen LogP contribution in [0.5, 0.6) is 0 Å². The highest BCUT2D eigenvalue weighted by Crippen LogP contribution is 2.36. The Morgan fingerprint density at radius 2 is 1.58 bits per heavy atom. The van der Waals surface area contributed by atoms with Crippen molar-refractivity contribution in [2.24, 2.45) is 11.3 Å². The molecule has 0 radical (unpaired) electrons. The monoisotopic (exact) mass is 170 g/mol. The van der Waals surface area contributed by atoms with Crippen LogP contribution in [0.1, 0.15) is 66.7 Å². The van der Waals surface area contributed by atoms with Gasteiger partial charge in [0.1, 0.15) is 0 Å². The molecule has 0 heterocycles. The third-order valence-corrected chi connectivity index (χ3v) is 3.13. The molecule has 1 atom stereocenters. The van der Waals surface area contributed by atoms with E-state index in [1.807, 2.05) is 0 Å². The predicted octanol–water partition coefficient (Wildman–Crippen LogP) is 4.64. The molecule has 0 aliphatic rings. The molecule has 74 valence electrons. The molecule has 0 N–H and O–H groups in total. The molecular weight excluding hydrogens is 144 g/mol. The molecule has 12 heavy (non-hydrogen) atoms. The molecule has 0 aromatic rings. The molecule has 0 rings (SSSR count). The van der Waals surface area contributed by atoms with Crippen molar-refractivity contribution < 1.29 is 0 Å². The van der Waals surface area contributed by atoms with E-state index in [0.29, 0.717) is 5.41 Å². The fourth-order valence-electron chi connectivity index (χ4n) is 2.34. The van der Waals surface area contributed by atoms with Gasteiger partial charge in [-0.25, -0.2) is 0 Å². The Morgan fingerprint density at radius 3 is 1.92 bits per heavy atom. The molecule has 0 spiro atoms. The van der Waals surface area contributed by atoms with Crippen molar-refractivity contribution in [1.29, 1.82) is 0 Å². The number of hydrogen-bond acceptors (Lipinski definition) is 0. The van der Waals surface area contributed by atoms with Gasteiger partial charge in [-0.15, -0.1) is 0 Å². The molecule has 0 saturated heterocycles. The van der Waals surface area contributed by atoms with Crippen LogP contribution >= 0.6 is 0 Å². The zero-order valence-electron chi connectivity index (χ0n) is 9.61. The summed E-state index contributed by atoms with van der Waals surface area (Å²) in [6, 6.07) is 0. The predicted molar refractivity (Wildman–Crippen MR) is 57.4 cm³/mol. The summed E-state index contributed by atoms with van der Waals surface area (Å²) >= 11 is 0. The third kappa shape index (κ3) is 3.60. The first kappa shape index (κ1) is 12.0. The average Bonchev–Trinajstić information content (AvgIpc) is 1.99. The fraction of sp³-hybridized carbons (Fsp3) is 1.00. The highest BCUT2D eigenvalue weighted by Gasteiger charge is 2.25. The standard InChI is InChI=1S/C12H26/c1-6-9-11(8-3)12(4,5)10-7-2/h11H,6-10H2,1-5H3. The Balaban J connectivity index is 4.05. The normalized spacial score (nSPS) is 14.8. The molecule has 0 aromatic heterocycles. The quantitative estimate of drug-likeness (QED) is 0.545. The van der Waals surface area contributed by atoms with E-state index in [-0.39, 0.29) is 0 Å². The summed E-state index contributed by atoms with van der Waals surface area (Å²) in [4.78, 5) is 0. The van der Waals surface area contributed by atoms with E-state index in [2.05, 4.69) is 34.6 Å². The van der Waals surface area contributed by atoms with Crippen LogP contribution in [0.4, 0.5) is 0 Å². The van der Waals surface area contributed by atoms with Crippen LogP contribution in [-0.4, -0.2) is 0 Å². The van der Waals surface area contributed by atoms with Crippen molar-refractivity contribution in [2.45, 2.75) is 66.7 Å². The van der Waals surface area contributed by atoms with Crippen molar-refractivity contribution >= 4 is 0 Å². The summed E-state index contributed by atoms with van der Waals surface area (Å²) in [5.74, 6) is 0.933. The van der Waals surface area contributed by atoms with Gasteiger partial charge >= 0.3 is 0 Å². The van der Waals surface area contributed by atoms with Gasteiger partial charge in [0.2, 0.25) is 0 Å². The largest absolute Gasteiger partial charge is 0.0654 e. The minimum absolute atomic E-state index is 0.569. The molecule has 0 saturated carbocycles. The van der Waals surface area contributed by atoms with Crippen LogP contribution in [-0.2, 0) is 0 Å². The SMILES string of the molecule is CCCC(CC)C(C)(C)CCC. The van der Waals surface area contributed by atoms with Crippen LogP contribution in [0.2, 0.25) is 0 Å². The van der Waals surface area contributed by atoms with Gasteiger partial charge in [-0.1, -0.05) is 60.3 Å². The minimum Gasteiger partial charge on any atom is -0.0654 e. The average molecular weight is 170 g/mol. The van der Waals surface area contributed by atoms with E-state index in [1.54, 1.807) is 0 Å². The Bertz CT molecular complexity index is 103. The molecule has 0 bridgehead atoms. The summed E-state index contributed by atoms with van der Waals surface area (Å²) in [7, 11) is 0. The topological polar surface area (TPSA) is 0 Å². The maximum Gasteiger partial charge on any atom is -0.0326 e. The summed E-state index contributed by atoms with van der Waals surface area (Å²) in [6.45, 7) is 11.8. The van der Waals surface area contributed by atoms with Crippen LogP contribution in [0, 0.1) is 11.3 Å². The zero-order valence-corrected chi connectivity index (χ0v) is 9.61. The third-order valence-electron chi connectivity index (χ3n) is 3.13. The highest BCUT2D eigenvalue weighted by molar-refractivity contribution is 4.76. The van der Waals surface area contributed by atoms with Gasteiger partial charge in [-0.05, 0) is 17.8 Å². The fourth-order valence-corrected chi connectivity index (χ4v) is 2.34. The molecule has 0 fully saturated rings. The number of rotatable bonds is 6. The van der Waals surface area contributed by atoms with Gasteiger partial charge in [0.25, 0.3) is 0 Å². The van der Waals surface area contributed by atoms with E-state index in [0.717, 1.165) is 5.92 Å². The van der Waals surface area contributed by atoms with E-state index in [4.69, 9.17) is 0 Å². The second-order valence-corrected chi connectivity index (χ2v) is 4.63. The molecule has 0 amide bonds. The van der Waals surface area contributed by atoms with Crippen LogP contribution in [0.15, 0.2) is 0 Å². The van der Waals surface area contributed by atoms with Gasteiger partial charge < -0.3 is 0 Å². The van der Waals surface area contributed by atoms with Crippen LogP contribution < -0.4 is 0 Å². The van der Waals surface area contributed by atoms with Gasteiger partial charge in [0.05, 0.1) is 0 Å². The van der Waals surface area contributed by atoms with Crippen LogP contribution in [0.25, 0.3) is 0 Å². The van der Waals surface area contributed by atoms with Gasteiger partial charge in [0, 0.05) is 0 Å². The van der Waals surface area contributed by atoms with Crippen molar-refractivity contribution in [3.63, 3.8) is 0 Å². The van der Waals surface area contributed by atoms with Gasteiger partial charge in [-0.3, -0.25) is 0 Å². The Labute approximate surface area is 78.8 Å². The first-order valence-corrected chi connectivity index (χ1v) is 5.58. The number of hydrogen-bond donors (Lipinski definition) is 0. The first-order valence-electron chi connectivity index (χ1n) is 5.58. The summed E-state index contributed by atoms with van der Waals surface area (Å²) in [5, 5.41) is 0. The highest BCUT2D eigenvalue weighted by atomic mass is 14.3. The molecule has 1 unspecified atom stereocenters. The Hall–Kier alpha value is 0. The van der Waals surface area contributed by atoms with Crippen LogP contribution in [0.3, 0.4) is 0 Å². The smallest absolute Gasteiger partial charge is 0.0326 e. The van der Waals surface area contributed by atoms with Crippen molar-refractivity contribution in [3.05, 3.63) is 0 Å². The second-order valence-electron chi connectivity index (χ2n) is 4.63. The molecule has 0 aliphatic heterocycles. The van der Waals surface area contributed by atoms with Crippen molar-refractivity contribution in [2.75, 3.05) is 0 Å². The van der Waals surface area contributed by atoms with E-state index in [1.165, 1.54) is 32.1 Å². The van der Waals surface area contributed by atoms with Crippen molar-refractivity contribution in [1.82, 2.24) is 0 Å². The first-order chi connectivity index (χ1) is 5.58. The Kier molecular flexibility index (Phi) is 5.61. The molecule has 0 aromatic carbocycles. The van der Waals surface area contributed by atoms with E-state index in [9.17, 15) is 0 Å². The minimum atomic E-state index is 0.569. The second kappa shape index (κ2) is 5.61. The van der Waals surface area contributed by atoms with E-state index < -0.39 is 0 Å². The maximum absolute atomic E-state index is 2.43. The summed E-state index contributed by atoms with van der Waals surface area (Å²) < 4.78 is 0. The molecule has 0 heteroatoms. The molecular formula is C12H26. The lowest BCUT2D eigenvalue weighted by atomic mass is 9.72. The maximum atomic E-state index is 2.43. The molecule has 0 aliphatic carbocycles. The van der Waals surface area contributed by atoms with Gasteiger partial charge in [0.15, 0.2) is 0 Å². The summed E-state index contributed by atoms with van der Waals surface area (Å²) in [6.07, 6.45) is 6.80. The van der Waals surface area contributed by atoms with Crippen molar-refractivity contribution in [3.8, 4) is 0 Å². The molecule has 0 nitrogen and oxygen atoms in total. The lowest BCUT2D eigenvalue weighted by Gasteiger charge is -2.33. The lowest BCUT2D eigenvalue weighted by Crippen LogP contribution is -2.23. The summed E-state index contributed by atoms with van der Waals surface area (Å²) in [5.41, 5.74) is 0.569.